The van der Waals surface area contributed by atoms with E-state index in [1.807, 2.05) is 24.3 Å². The number of benzene rings is 1. The summed E-state index contributed by atoms with van der Waals surface area (Å²) < 4.78 is 0. The van der Waals surface area contributed by atoms with Gasteiger partial charge in [0.05, 0.1) is 0 Å². The Hall–Kier alpha value is -0.579. The quantitative estimate of drug-likeness (QED) is 0.137. The molecule has 63 heavy (non-hydrogen) atoms. The van der Waals surface area contributed by atoms with Crippen molar-refractivity contribution in [2.75, 3.05) is 5.43 Å². The van der Waals surface area contributed by atoms with Crippen molar-refractivity contribution in [3.8, 4) is 0 Å². The van der Waals surface area contributed by atoms with Gasteiger partial charge in [-0.05, 0) is 74.1 Å². The van der Waals surface area contributed by atoms with Crippen LogP contribution in [-0.4, -0.2) is 60.4 Å². The summed E-state index contributed by atoms with van der Waals surface area (Å²) in [4.78, 5) is 0. The van der Waals surface area contributed by atoms with Gasteiger partial charge >= 0.3 is 0 Å². The summed E-state index contributed by atoms with van der Waals surface area (Å²) >= 11 is 0. The number of hydrogen-bond donors (Lipinski definition) is 6. The Bertz CT molecular complexity index is 990. The summed E-state index contributed by atoms with van der Waals surface area (Å²) in [7, 11) is 0. The summed E-state index contributed by atoms with van der Waals surface area (Å²) in [6.07, 6.45) is 25.9. The van der Waals surface area contributed by atoms with E-state index in [0.717, 1.165) is 11.4 Å². The van der Waals surface area contributed by atoms with E-state index in [0.29, 0.717) is 60.4 Å². The van der Waals surface area contributed by atoms with E-state index in [1.54, 1.807) is 0 Å². The monoisotopic (exact) mass is 1010 g/mol. The van der Waals surface area contributed by atoms with E-state index in [9.17, 15) is 0 Å². The van der Waals surface area contributed by atoms with Crippen molar-refractivity contribution < 1.29 is 49.5 Å². The number of para-hydroxylation sites is 1. The van der Waals surface area contributed by atoms with Crippen molar-refractivity contribution in [1.29, 1.82) is 0 Å². The predicted octanol–water partition coefficient (Wildman–Crippen LogP) is 14.0. The maximum Gasteiger partial charge on any atom is 0 e. The number of hydrogen-bond acceptors (Lipinski definition) is 6. The van der Waals surface area contributed by atoms with Crippen molar-refractivity contribution in [3.05, 3.63) is 127 Å². The number of nitrogens with two attached hydrogens (primary N) is 6. The van der Waals surface area contributed by atoms with Crippen LogP contribution in [0.25, 0.3) is 103 Å². The molecular formula is C36H72N24Ni3-18. The number of nitrogens with zero attached hydrogens (tertiary/aromatic N) is 12. The van der Waals surface area contributed by atoms with E-state index in [2.05, 4.69) is 98.3 Å². The van der Waals surface area contributed by atoms with Gasteiger partial charge in [0.1, 0.15) is 0 Å². The predicted molar refractivity (Wildman–Crippen MR) is 248 cm³/mol. The molecule has 10 fully saturated rings. The van der Waals surface area contributed by atoms with Crippen LogP contribution in [-0.2, 0) is 49.5 Å². The molecular weight excluding hydrogens is 945 g/mol. The number of nitrogens with one attached hydrogen (secondary N) is 6. The SMILES string of the molecule is C1CCC2N[N-][N-]C2C1.C1CCC2N[N-][N-]C2C1.C1CCC2N[N-][N-]C2C1.C1CCC2N[N-][N-]C2C1.C1CCC2N[N-][N-]C2C1.[NH2-].[NH2-].[NH2-].[NH2-].[NH2-].[NH2-].[Ni].[Ni].[Ni].c1ccc2c(c1)[N-][N-]N2. The number of anilines is 1. The van der Waals surface area contributed by atoms with Gasteiger partial charge in [-0.2, -0.15) is 0 Å². The minimum atomic E-state index is 0. The Kier molecular flexibility index (Phi) is 39.6. The van der Waals surface area contributed by atoms with Crippen molar-refractivity contribution in [2.24, 2.45) is 0 Å². The third-order valence-corrected chi connectivity index (χ3v) is 12.0. The van der Waals surface area contributed by atoms with Crippen LogP contribution >= 0.6 is 0 Å². The first-order valence-electron chi connectivity index (χ1n) is 20.8. The van der Waals surface area contributed by atoms with Gasteiger partial charge in [0.15, 0.2) is 0 Å². The second kappa shape index (κ2) is 37.4. The number of fused-ring (bicyclic) bond motifs is 6. The van der Waals surface area contributed by atoms with Crippen LogP contribution in [0, 0.1) is 0 Å². The molecule has 1 aromatic rings. The van der Waals surface area contributed by atoms with Gasteiger partial charge in [-0.1, -0.05) is 115 Å². The van der Waals surface area contributed by atoms with Gasteiger partial charge in [-0.25, -0.2) is 0 Å². The standard InChI is InChI=1S/5C6H11N3.C6H5N3.6H2N.3Ni/c6*1-2-4-6-5(3-1)7-9-8-6;;;;;;;;;/h5*5-7H,1-4H2;1-4,7H;6*1H2;;;/q6*-2;6*-1;;;. The molecule has 0 aromatic heterocycles. The fraction of sp³-hybridized carbons (Fsp3) is 0.833. The van der Waals surface area contributed by atoms with Gasteiger partial charge in [0.25, 0.3) is 0 Å². The van der Waals surface area contributed by atoms with E-state index < -0.39 is 0 Å². The molecule has 24 nitrogen and oxygen atoms in total. The molecule has 11 aliphatic rings. The topological polar surface area (TPSA) is 442 Å². The van der Waals surface area contributed by atoms with Gasteiger partial charge in [0.2, 0.25) is 0 Å². The second-order valence-electron chi connectivity index (χ2n) is 15.8. The summed E-state index contributed by atoms with van der Waals surface area (Å²) in [6.45, 7) is 0. The van der Waals surface area contributed by atoms with E-state index >= 15 is 0 Å². The number of rotatable bonds is 0. The zero-order valence-corrected chi connectivity index (χ0v) is 39.0. The largest absolute Gasteiger partial charge is 0.804 e. The molecule has 27 heteroatoms. The van der Waals surface area contributed by atoms with E-state index in [4.69, 9.17) is 0 Å². The molecule has 0 amide bonds. The smallest absolute Gasteiger partial charge is 0 e. The summed E-state index contributed by atoms with van der Waals surface area (Å²) in [5, 5.41) is 0. The Morgan fingerprint density at radius 2 is 0.587 bits per heavy atom. The summed E-state index contributed by atoms with van der Waals surface area (Å²) in [6, 6.07) is 13.2. The van der Waals surface area contributed by atoms with Crippen LogP contribution in [0.5, 0.6) is 0 Å². The van der Waals surface area contributed by atoms with Crippen LogP contribution < -0.4 is 32.6 Å². The molecule has 1 aromatic carbocycles. The molecule has 0 bridgehead atoms. The molecule has 0 radical (unpaired) electrons. The Labute approximate surface area is 407 Å². The second-order valence-corrected chi connectivity index (χ2v) is 15.8. The molecule has 5 aliphatic carbocycles. The third-order valence-electron chi connectivity index (χ3n) is 12.0. The minimum Gasteiger partial charge on any atom is -0.804 e. The van der Waals surface area contributed by atoms with E-state index in [-0.39, 0.29) is 86.4 Å². The van der Waals surface area contributed by atoms with Crippen molar-refractivity contribution in [1.82, 2.24) is 27.1 Å². The fourth-order valence-electron chi connectivity index (χ4n) is 8.70. The van der Waals surface area contributed by atoms with Crippen LogP contribution in [0.3, 0.4) is 0 Å². The molecule has 18 N–H and O–H groups in total. The zero-order valence-electron chi connectivity index (χ0n) is 36.0. The van der Waals surface area contributed by atoms with E-state index in [1.165, 1.54) is 128 Å². The fourth-order valence-corrected chi connectivity index (χ4v) is 8.70. The first kappa shape index (κ1) is 66.7. The molecule has 384 valence electrons. The van der Waals surface area contributed by atoms with Crippen molar-refractivity contribution in [3.63, 3.8) is 0 Å². The Morgan fingerprint density at radius 3 is 0.841 bits per heavy atom. The van der Waals surface area contributed by atoms with Gasteiger partial charge in [-0.3, -0.25) is 0 Å². The first-order chi connectivity index (χ1) is 26.8. The van der Waals surface area contributed by atoms with Crippen LogP contribution in [0.2, 0.25) is 0 Å². The molecule has 6 heterocycles. The molecule has 12 rings (SSSR count). The maximum absolute atomic E-state index is 4.07. The molecule has 0 spiro atoms. The summed E-state index contributed by atoms with van der Waals surface area (Å²) in [5.74, 6) is 0. The molecule has 5 saturated heterocycles. The molecule has 10 unspecified atom stereocenters. The third kappa shape index (κ3) is 21.1. The molecule has 5 saturated carbocycles. The average molecular weight is 1020 g/mol. The minimum absolute atomic E-state index is 0. The van der Waals surface area contributed by atoms with Crippen LogP contribution in [0.1, 0.15) is 128 Å². The normalized spacial score (nSPS) is 32.4. The van der Waals surface area contributed by atoms with Gasteiger partial charge in [-0.15, -0.1) is 35.9 Å². The zero-order chi connectivity index (χ0) is 36.6. The van der Waals surface area contributed by atoms with Crippen LogP contribution in [0.15, 0.2) is 24.3 Å². The van der Waals surface area contributed by atoms with Crippen molar-refractivity contribution >= 4 is 11.4 Å². The molecule has 6 aliphatic heterocycles. The van der Waals surface area contributed by atoms with Crippen molar-refractivity contribution in [2.45, 2.75) is 189 Å². The molecule has 10 atom stereocenters. The van der Waals surface area contributed by atoms with Crippen LogP contribution in [0.4, 0.5) is 11.4 Å². The maximum atomic E-state index is 4.07. The first-order valence-corrected chi connectivity index (χ1v) is 20.8. The Balaban J connectivity index is -0.000000667. The van der Waals surface area contributed by atoms with Gasteiger partial charge in [0, 0.05) is 49.5 Å². The Morgan fingerprint density at radius 1 is 0.333 bits per heavy atom. The average Bonchev–Trinajstić information content (AvgIpc) is 4.09. The summed E-state index contributed by atoms with van der Waals surface area (Å²) in [5.41, 5.74) is 66.6. The van der Waals surface area contributed by atoms with Gasteiger partial charge < -0.3 is 135 Å².